The van der Waals surface area contributed by atoms with Crippen LogP contribution in [0.25, 0.3) is 0 Å². The van der Waals surface area contributed by atoms with E-state index in [-0.39, 0.29) is 25.4 Å². The number of anilines is 1. The number of aliphatic imine (C=N–C) groups is 1. The van der Waals surface area contributed by atoms with Crippen molar-refractivity contribution in [2.24, 2.45) is 4.99 Å². The fourth-order valence-electron chi connectivity index (χ4n) is 4.96. The number of hydrogen-bond donors (Lipinski definition) is 0. The lowest BCUT2D eigenvalue weighted by Gasteiger charge is -2.34. The Hall–Kier alpha value is -4.79. The molecule has 9 heteroatoms. The van der Waals surface area contributed by atoms with Crippen LogP contribution in [0.15, 0.2) is 89.9 Å². The summed E-state index contributed by atoms with van der Waals surface area (Å²) in [7, 11) is 0. The lowest BCUT2D eigenvalue weighted by molar-refractivity contribution is -0.150. The highest BCUT2D eigenvalue weighted by molar-refractivity contribution is 6.14. The largest absolute Gasteiger partial charge is 0.443 e. The van der Waals surface area contributed by atoms with E-state index in [1.54, 1.807) is 25.7 Å². The Morgan fingerprint density at radius 1 is 0.829 bits per heavy atom. The summed E-state index contributed by atoms with van der Waals surface area (Å²) < 4.78 is 5.26. The average Bonchev–Trinajstić information content (AvgIpc) is 3.33. The lowest BCUT2D eigenvalue weighted by atomic mass is 10.0. The number of ether oxygens (including phenoxy) is 1. The van der Waals surface area contributed by atoms with Gasteiger partial charge in [0.15, 0.2) is 0 Å². The smallest absolute Gasteiger partial charge is 0.424 e. The van der Waals surface area contributed by atoms with Crippen LogP contribution in [0.2, 0.25) is 0 Å². The molecule has 0 radical (unpaired) electrons. The van der Waals surface area contributed by atoms with E-state index in [4.69, 9.17) is 9.73 Å². The summed E-state index contributed by atoms with van der Waals surface area (Å²) in [6, 6.07) is 26.0. The molecule has 41 heavy (non-hydrogen) atoms. The van der Waals surface area contributed by atoms with Gasteiger partial charge in [0.25, 0.3) is 5.91 Å². The predicted molar refractivity (Wildman–Crippen MR) is 155 cm³/mol. The van der Waals surface area contributed by atoms with Crippen LogP contribution in [0, 0.1) is 0 Å². The molecule has 1 atom stereocenters. The Labute approximate surface area is 239 Å². The van der Waals surface area contributed by atoms with Crippen molar-refractivity contribution >= 4 is 41.0 Å². The van der Waals surface area contributed by atoms with E-state index in [9.17, 15) is 19.2 Å². The Bertz CT molecular complexity index is 1440. The van der Waals surface area contributed by atoms with Gasteiger partial charge in [-0.3, -0.25) is 14.5 Å². The first-order valence-corrected chi connectivity index (χ1v) is 13.6. The molecule has 0 saturated carbocycles. The van der Waals surface area contributed by atoms with E-state index < -0.39 is 29.6 Å². The van der Waals surface area contributed by atoms with Crippen LogP contribution in [-0.4, -0.2) is 64.2 Å². The molecule has 2 aliphatic heterocycles. The number of benzene rings is 3. The first-order chi connectivity index (χ1) is 19.6. The van der Waals surface area contributed by atoms with Gasteiger partial charge in [-0.2, -0.15) is 4.90 Å². The summed E-state index contributed by atoms with van der Waals surface area (Å²) in [5.41, 5.74) is 3.34. The van der Waals surface area contributed by atoms with Gasteiger partial charge >= 0.3 is 12.1 Å². The van der Waals surface area contributed by atoms with E-state index in [1.807, 2.05) is 84.9 Å². The summed E-state index contributed by atoms with van der Waals surface area (Å²) in [6.45, 7) is 5.63. The fourth-order valence-corrected chi connectivity index (χ4v) is 4.96. The minimum atomic E-state index is -1.01. The summed E-state index contributed by atoms with van der Waals surface area (Å²) in [6.07, 6.45) is -0.884. The zero-order valence-corrected chi connectivity index (χ0v) is 23.3. The van der Waals surface area contributed by atoms with Crippen LogP contribution in [-0.2, 0) is 14.3 Å². The van der Waals surface area contributed by atoms with Crippen molar-refractivity contribution < 1.29 is 23.9 Å². The number of urea groups is 1. The van der Waals surface area contributed by atoms with Gasteiger partial charge < -0.3 is 9.64 Å². The first kappa shape index (κ1) is 27.8. The summed E-state index contributed by atoms with van der Waals surface area (Å²) in [5, 5.41) is 0. The number of carbonyl (C=O) groups is 4. The molecule has 2 heterocycles. The van der Waals surface area contributed by atoms with Crippen molar-refractivity contribution in [3.8, 4) is 0 Å². The van der Waals surface area contributed by atoms with Crippen molar-refractivity contribution in [2.75, 3.05) is 18.0 Å². The minimum Gasteiger partial charge on any atom is -0.443 e. The van der Waals surface area contributed by atoms with E-state index in [1.165, 1.54) is 4.90 Å². The zero-order chi connectivity index (χ0) is 29.1. The Kier molecular flexibility index (Phi) is 7.70. The second kappa shape index (κ2) is 11.4. The third-order valence-electron chi connectivity index (χ3n) is 6.88. The third-order valence-corrected chi connectivity index (χ3v) is 6.88. The van der Waals surface area contributed by atoms with Crippen LogP contribution in [0.3, 0.4) is 0 Å². The molecule has 0 aromatic heterocycles. The number of rotatable bonds is 5. The highest BCUT2D eigenvalue weighted by atomic mass is 16.6. The number of piperidine rings is 1. The van der Waals surface area contributed by atoms with E-state index in [0.29, 0.717) is 17.1 Å². The maximum Gasteiger partial charge on any atom is 0.424 e. The van der Waals surface area contributed by atoms with Crippen LogP contribution < -0.4 is 4.90 Å². The first-order valence-electron chi connectivity index (χ1n) is 13.6. The van der Waals surface area contributed by atoms with Gasteiger partial charge in [-0.15, -0.1) is 0 Å². The minimum absolute atomic E-state index is 0.0305. The van der Waals surface area contributed by atoms with Crippen LogP contribution >= 0.6 is 0 Å². The standard InChI is InChI=1S/C32H32N4O5/c1-32(2,3)41-31(40)36-27(37)19-18-26(29(36)38)35-21-20-34(30(35)39)25-16-14-24(15-17-25)33-28(22-10-6-4-7-11-22)23-12-8-5-9-13-23/h4-17,26H,18-21H2,1-3H3. The van der Waals surface area contributed by atoms with Gasteiger partial charge in [0.05, 0.1) is 11.4 Å². The maximum atomic E-state index is 13.4. The highest BCUT2D eigenvalue weighted by Gasteiger charge is 2.46. The highest BCUT2D eigenvalue weighted by Crippen LogP contribution is 2.29. The molecule has 0 N–H and O–H groups in total. The summed E-state index contributed by atoms with van der Waals surface area (Å²) >= 11 is 0. The van der Waals surface area contributed by atoms with Gasteiger partial charge in [0, 0.05) is 36.3 Å². The topological polar surface area (TPSA) is 99.6 Å². The van der Waals surface area contributed by atoms with Gasteiger partial charge in [-0.25, -0.2) is 14.6 Å². The second-order valence-corrected chi connectivity index (χ2v) is 10.9. The van der Waals surface area contributed by atoms with E-state index >= 15 is 0 Å². The molecule has 0 bridgehead atoms. The lowest BCUT2D eigenvalue weighted by Crippen LogP contribution is -2.57. The molecule has 2 saturated heterocycles. The van der Waals surface area contributed by atoms with Gasteiger partial charge in [0.1, 0.15) is 11.6 Å². The fraction of sp³-hybridized carbons (Fsp3) is 0.281. The average molecular weight is 553 g/mol. The van der Waals surface area contributed by atoms with Crippen LogP contribution in [0.5, 0.6) is 0 Å². The quantitative estimate of drug-likeness (QED) is 0.305. The number of hydrogen-bond acceptors (Lipinski definition) is 6. The summed E-state index contributed by atoms with van der Waals surface area (Å²) in [5.74, 6) is -1.35. The van der Waals surface area contributed by atoms with Crippen molar-refractivity contribution in [1.82, 2.24) is 9.80 Å². The molecular formula is C32H32N4O5. The molecule has 2 aliphatic rings. The molecule has 2 fully saturated rings. The molecule has 1 unspecified atom stereocenters. The van der Waals surface area contributed by atoms with Gasteiger partial charge in [-0.1, -0.05) is 60.7 Å². The summed E-state index contributed by atoms with van der Waals surface area (Å²) in [4.78, 5) is 60.1. The predicted octanol–water partition coefficient (Wildman–Crippen LogP) is 5.55. The molecule has 9 nitrogen and oxygen atoms in total. The zero-order valence-electron chi connectivity index (χ0n) is 23.3. The van der Waals surface area contributed by atoms with E-state index in [0.717, 1.165) is 22.5 Å². The number of likely N-dealkylation sites (tertiary alicyclic amines) is 1. The second-order valence-electron chi connectivity index (χ2n) is 10.9. The van der Waals surface area contributed by atoms with Crippen LogP contribution in [0.4, 0.5) is 21.0 Å². The third kappa shape index (κ3) is 6.04. The van der Waals surface area contributed by atoms with Crippen molar-refractivity contribution in [3.05, 3.63) is 96.1 Å². The Morgan fingerprint density at radius 3 is 1.98 bits per heavy atom. The Morgan fingerprint density at radius 2 is 1.41 bits per heavy atom. The molecule has 210 valence electrons. The van der Waals surface area contributed by atoms with Crippen molar-refractivity contribution in [3.63, 3.8) is 0 Å². The molecule has 0 aliphatic carbocycles. The molecule has 0 spiro atoms. The van der Waals surface area contributed by atoms with Gasteiger partial charge in [0.2, 0.25) is 5.91 Å². The maximum absolute atomic E-state index is 13.4. The SMILES string of the molecule is CC(C)(C)OC(=O)N1C(=O)CCC(N2CCN(c3ccc(N=C(c4ccccc4)c4ccccc4)cc3)C2=O)C1=O. The van der Waals surface area contributed by atoms with Gasteiger partial charge in [-0.05, 0) is 51.5 Å². The normalized spacial score (nSPS) is 17.6. The van der Waals surface area contributed by atoms with E-state index in [2.05, 4.69) is 0 Å². The number of carbonyl (C=O) groups excluding carboxylic acids is 4. The molecule has 5 amide bonds. The number of amides is 5. The molecule has 3 aromatic carbocycles. The Balaban J connectivity index is 1.33. The van der Waals surface area contributed by atoms with Crippen molar-refractivity contribution in [1.29, 1.82) is 0 Å². The molecule has 3 aromatic rings. The monoisotopic (exact) mass is 552 g/mol. The molecular weight excluding hydrogens is 520 g/mol. The number of imide groups is 3. The number of nitrogens with zero attached hydrogens (tertiary/aromatic N) is 4. The molecule has 5 rings (SSSR count). The van der Waals surface area contributed by atoms with Crippen molar-refractivity contribution in [2.45, 2.75) is 45.3 Å². The van der Waals surface area contributed by atoms with Crippen LogP contribution in [0.1, 0.15) is 44.7 Å².